The molecule has 2 aromatic rings. The Hall–Kier alpha value is -2.17. The summed E-state index contributed by atoms with van der Waals surface area (Å²) < 4.78 is 1.83. The van der Waals surface area contributed by atoms with Crippen molar-refractivity contribution in [3.8, 4) is 5.69 Å². The fourth-order valence-corrected chi connectivity index (χ4v) is 1.45. The number of imidazole rings is 1. The number of hydrogen-bond acceptors (Lipinski definition) is 3. The van der Waals surface area contributed by atoms with E-state index < -0.39 is 0 Å². The molecule has 0 aliphatic rings. The highest BCUT2D eigenvalue weighted by atomic mass is 16.1. The lowest BCUT2D eigenvalue weighted by Gasteiger charge is -2.05. The zero-order valence-electron chi connectivity index (χ0n) is 9.63. The van der Waals surface area contributed by atoms with Gasteiger partial charge in [-0.15, -0.1) is 0 Å². The van der Waals surface area contributed by atoms with Crippen LogP contribution in [0.1, 0.15) is 23.8 Å². The molecule has 0 atom stereocenters. The van der Waals surface area contributed by atoms with E-state index in [0.29, 0.717) is 12.2 Å². The van der Waals surface area contributed by atoms with E-state index >= 15 is 0 Å². The van der Waals surface area contributed by atoms with Gasteiger partial charge in [-0.05, 0) is 18.6 Å². The third-order valence-corrected chi connectivity index (χ3v) is 2.31. The minimum atomic E-state index is -0.145. The summed E-state index contributed by atoms with van der Waals surface area (Å²) in [5, 5.41) is 2.79. The molecule has 5 nitrogen and oxygen atoms in total. The van der Waals surface area contributed by atoms with Gasteiger partial charge in [0.2, 0.25) is 0 Å². The molecule has 0 aromatic carbocycles. The Bertz CT molecular complexity index is 493. The standard InChI is InChI=1S/C12H14N4O/c1-2-4-15-12(17)11-8-10(3-5-14-11)16-7-6-13-9-16/h3,5-9H,2,4H2,1H3,(H,15,17). The average Bonchev–Trinajstić information content (AvgIpc) is 2.90. The molecular formula is C12H14N4O. The van der Waals surface area contributed by atoms with Gasteiger partial charge in [-0.2, -0.15) is 0 Å². The molecule has 0 aliphatic heterocycles. The summed E-state index contributed by atoms with van der Waals surface area (Å²) in [4.78, 5) is 19.7. The number of rotatable bonds is 4. The molecule has 2 rings (SSSR count). The van der Waals surface area contributed by atoms with E-state index in [1.807, 2.05) is 23.8 Å². The van der Waals surface area contributed by atoms with Crippen molar-refractivity contribution in [2.24, 2.45) is 0 Å². The lowest BCUT2D eigenvalue weighted by atomic mass is 10.3. The molecule has 0 saturated carbocycles. The first kappa shape index (κ1) is 11.3. The summed E-state index contributed by atoms with van der Waals surface area (Å²) >= 11 is 0. The van der Waals surface area contributed by atoms with Gasteiger partial charge in [0.1, 0.15) is 5.69 Å². The topological polar surface area (TPSA) is 59.8 Å². The molecule has 1 N–H and O–H groups in total. The number of pyridine rings is 1. The van der Waals surface area contributed by atoms with Crippen LogP contribution in [0.5, 0.6) is 0 Å². The zero-order valence-corrected chi connectivity index (χ0v) is 9.63. The van der Waals surface area contributed by atoms with Crippen LogP contribution in [-0.4, -0.2) is 27.0 Å². The Kier molecular flexibility index (Phi) is 3.49. The predicted octanol–water partition coefficient (Wildman–Crippen LogP) is 1.41. The first-order valence-corrected chi connectivity index (χ1v) is 5.54. The number of amides is 1. The molecule has 17 heavy (non-hydrogen) atoms. The van der Waals surface area contributed by atoms with Crippen LogP contribution >= 0.6 is 0 Å². The summed E-state index contributed by atoms with van der Waals surface area (Å²) in [7, 11) is 0. The number of aromatic nitrogens is 3. The van der Waals surface area contributed by atoms with Crippen LogP contribution in [0.25, 0.3) is 5.69 Å². The number of nitrogens with one attached hydrogen (secondary N) is 1. The highest BCUT2D eigenvalue weighted by Crippen LogP contribution is 2.07. The van der Waals surface area contributed by atoms with E-state index in [1.165, 1.54) is 0 Å². The van der Waals surface area contributed by atoms with Crippen LogP contribution < -0.4 is 5.32 Å². The minimum Gasteiger partial charge on any atom is -0.351 e. The lowest BCUT2D eigenvalue weighted by molar-refractivity contribution is 0.0948. The van der Waals surface area contributed by atoms with Crippen molar-refractivity contribution >= 4 is 5.91 Å². The molecular weight excluding hydrogens is 216 g/mol. The Morgan fingerprint density at radius 2 is 2.35 bits per heavy atom. The molecule has 0 spiro atoms. The molecule has 0 bridgehead atoms. The maximum Gasteiger partial charge on any atom is 0.269 e. The van der Waals surface area contributed by atoms with E-state index in [1.54, 1.807) is 24.8 Å². The van der Waals surface area contributed by atoms with Crippen molar-refractivity contribution in [3.05, 3.63) is 42.7 Å². The largest absolute Gasteiger partial charge is 0.351 e. The van der Waals surface area contributed by atoms with Gasteiger partial charge in [0, 0.05) is 25.1 Å². The van der Waals surface area contributed by atoms with Crippen molar-refractivity contribution in [1.82, 2.24) is 19.9 Å². The number of hydrogen-bond donors (Lipinski definition) is 1. The molecule has 0 radical (unpaired) electrons. The van der Waals surface area contributed by atoms with E-state index in [-0.39, 0.29) is 5.91 Å². The summed E-state index contributed by atoms with van der Waals surface area (Å²) in [6, 6.07) is 3.57. The Balaban J connectivity index is 2.20. The summed E-state index contributed by atoms with van der Waals surface area (Å²) in [5.74, 6) is -0.145. The van der Waals surface area contributed by atoms with Crippen molar-refractivity contribution in [1.29, 1.82) is 0 Å². The normalized spacial score (nSPS) is 10.2. The van der Waals surface area contributed by atoms with Crippen LogP contribution in [0.15, 0.2) is 37.1 Å². The first-order chi connectivity index (χ1) is 8.31. The quantitative estimate of drug-likeness (QED) is 0.863. The van der Waals surface area contributed by atoms with Crippen LogP contribution in [-0.2, 0) is 0 Å². The van der Waals surface area contributed by atoms with Crippen molar-refractivity contribution in [2.45, 2.75) is 13.3 Å². The zero-order chi connectivity index (χ0) is 12.1. The predicted molar refractivity (Wildman–Crippen MR) is 64.0 cm³/mol. The third kappa shape index (κ3) is 2.69. The minimum absolute atomic E-state index is 0.145. The number of nitrogens with zero attached hydrogens (tertiary/aromatic N) is 3. The number of carbonyl (C=O) groups excluding carboxylic acids is 1. The molecule has 0 saturated heterocycles. The maximum atomic E-state index is 11.7. The second kappa shape index (κ2) is 5.25. The highest BCUT2D eigenvalue weighted by molar-refractivity contribution is 5.92. The van der Waals surface area contributed by atoms with Crippen LogP contribution in [0, 0.1) is 0 Å². The van der Waals surface area contributed by atoms with Gasteiger partial charge in [0.15, 0.2) is 0 Å². The second-order valence-electron chi connectivity index (χ2n) is 3.63. The van der Waals surface area contributed by atoms with Gasteiger partial charge in [0.25, 0.3) is 5.91 Å². The van der Waals surface area contributed by atoms with Crippen molar-refractivity contribution < 1.29 is 4.79 Å². The first-order valence-electron chi connectivity index (χ1n) is 5.54. The second-order valence-corrected chi connectivity index (χ2v) is 3.63. The molecule has 88 valence electrons. The smallest absolute Gasteiger partial charge is 0.269 e. The summed E-state index contributed by atoms with van der Waals surface area (Å²) in [5.41, 5.74) is 1.30. The molecule has 0 unspecified atom stereocenters. The van der Waals surface area contributed by atoms with Gasteiger partial charge in [-0.3, -0.25) is 9.78 Å². The Labute approximate surface area is 99.5 Å². The maximum absolute atomic E-state index is 11.7. The monoisotopic (exact) mass is 230 g/mol. The van der Waals surface area contributed by atoms with Gasteiger partial charge in [-0.1, -0.05) is 6.92 Å². The van der Waals surface area contributed by atoms with Crippen molar-refractivity contribution in [3.63, 3.8) is 0 Å². The van der Waals surface area contributed by atoms with Crippen LogP contribution in [0.2, 0.25) is 0 Å². The SMILES string of the molecule is CCCNC(=O)c1cc(-n2ccnc2)ccn1. The van der Waals surface area contributed by atoms with Crippen LogP contribution in [0.3, 0.4) is 0 Å². The molecule has 0 aliphatic carbocycles. The molecule has 2 heterocycles. The summed E-state index contributed by atoms with van der Waals surface area (Å²) in [6.45, 7) is 2.67. The summed E-state index contributed by atoms with van der Waals surface area (Å²) in [6.07, 6.45) is 7.73. The molecule has 2 aromatic heterocycles. The fraction of sp³-hybridized carbons (Fsp3) is 0.250. The molecule has 1 amide bonds. The number of carbonyl (C=O) groups is 1. The molecule has 0 fully saturated rings. The van der Waals surface area contributed by atoms with E-state index in [2.05, 4.69) is 15.3 Å². The van der Waals surface area contributed by atoms with Gasteiger partial charge in [0.05, 0.1) is 12.0 Å². The van der Waals surface area contributed by atoms with Gasteiger partial charge >= 0.3 is 0 Å². The van der Waals surface area contributed by atoms with Gasteiger partial charge in [-0.25, -0.2) is 4.98 Å². The lowest BCUT2D eigenvalue weighted by Crippen LogP contribution is -2.25. The Morgan fingerprint density at radius 3 is 3.06 bits per heavy atom. The van der Waals surface area contributed by atoms with Crippen molar-refractivity contribution in [2.75, 3.05) is 6.54 Å². The fourth-order valence-electron chi connectivity index (χ4n) is 1.45. The Morgan fingerprint density at radius 1 is 1.47 bits per heavy atom. The highest BCUT2D eigenvalue weighted by Gasteiger charge is 2.07. The third-order valence-electron chi connectivity index (χ3n) is 2.31. The molecule has 5 heteroatoms. The average molecular weight is 230 g/mol. The van der Waals surface area contributed by atoms with Gasteiger partial charge < -0.3 is 9.88 Å². The van der Waals surface area contributed by atoms with E-state index in [0.717, 1.165) is 12.1 Å². The van der Waals surface area contributed by atoms with E-state index in [9.17, 15) is 4.79 Å². The van der Waals surface area contributed by atoms with E-state index in [4.69, 9.17) is 0 Å². The van der Waals surface area contributed by atoms with Crippen LogP contribution in [0.4, 0.5) is 0 Å².